The van der Waals surface area contributed by atoms with Gasteiger partial charge in [-0.25, -0.2) is 0 Å². The molecule has 0 aromatic rings. The highest BCUT2D eigenvalue weighted by Crippen LogP contribution is 2.32. The molecule has 0 amide bonds. The van der Waals surface area contributed by atoms with Crippen LogP contribution in [0.25, 0.3) is 0 Å². The van der Waals surface area contributed by atoms with Gasteiger partial charge in [0.15, 0.2) is 0 Å². The normalized spacial score (nSPS) is 31.3. The first kappa shape index (κ1) is 39.6. The molecular formula is C32H64O10. The van der Waals surface area contributed by atoms with Crippen molar-refractivity contribution in [2.24, 2.45) is 0 Å². The molecule has 252 valence electrons. The van der Waals surface area contributed by atoms with Crippen LogP contribution < -0.4 is 0 Å². The molecular weight excluding hydrogens is 544 g/mol. The van der Waals surface area contributed by atoms with Gasteiger partial charge in [-0.2, -0.15) is 0 Å². The molecule has 0 saturated carbocycles. The summed E-state index contributed by atoms with van der Waals surface area (Å²) in [7, 11) is 3.34. The van der Waals surface area contributed by atoms with Gasteiger partial charge in [0, 0.05) is 14.2 Å². The fourth-order valence-electron chi connectivity index (χ4n) is 5.42. The molecule has 0 unspecified atom stereocenters. The second kappa shape index (κ2) is 20.6. The third kappa shape index (κ3) is 13.7. The van der Waals surface area contributed by atoms with Crippen LogP contribution in [-0.2, 0) is 47.4 Å². The van der Waals surface area contributed by atoms with E-state index in [1.807, 2.05) is 83.1 Å². The zero-order chi connectivity index (χ0) is 32.0. The third-order valence-electron chi connectivity index (χ3n) is 6.92. The highest BCUT2D eigenvalue weighted by Gasteiger charge is 2.48. The minimum Gasteiger partial charge on any atom is -0.382 e. The Balaban J connectivity index is 0.000000420. The maximum absolute atomic E-state index is 6.07. The van der Waals surface area contributed by atoms with Crippen LogP contribution >= 0.6 is 0 Å². The molecule has 2 aliphatic heterocycles. The molecule has 10 nitrogen and oxygen atoms in total. The van der Waals surface area contributed by atoms with Gasteiger partial charge in [-0.1, -0.05) is 0 Å². The minimum absolute atomic E-state index is 0.0196. The van der Waals surface area contributed by atoms with E-state index in [0.717, 1.165) is 0 Å². The van der Waals surface area contributed by atoms with Crippen molar-refractivity contribution in [2.75, 3.05) is 40.6 Å². The molecule has 10 atom stereocenters. The van der Waals surface area contributed by atoms with E-state index in [2.05, 4.69) is 0 Å². The second-order valence-corrected chi connectivity index (χ2v) is 12.3. The Hall–Kier alpha value is -0.400. The van der Waals surface area contributed by atoms with Crippen molar-refractivity contribution in [3.8, 4) is 0 Å². The van der Waals surface area contributed by atoms with Crippen LogP contribution in [0.3, 0.4) is 0 Å². The lowest BCUT2D eigenvalue weighted by Crippen LogP contribution is -2.44. The molecule has 0 bridgehead atoms. The van der Waals surface area contributed by atoms with Crippen molar-refractivity contribution in [2.45, 2.75) is 169 Å². The average Bonchev–Trinajstić information content (AvgIpc) is 3.34. The van der Waals surface area contributed by atoms with E-state index in [1.54, 1.807) is 14.2 Å². The SMILES string of the molecule is COCCO[C@@H]1[C@H](OC(C)C)[C@@H]([C@@H](C)OC(C)C)O[C@H]1C.COCCO[C@@H]1[C@H](OC(C)C)[C@@H]([C@H](C)OC(C)C)O[C@H]1C. The van der Waals surface area contributed by atoms with Crippen molar-refractivity contribution in [1.29, 1.82) is 0 Å². The summed E-state index contributed by atoms with van der Waals surface area (Å²) in [5.74, 6) is 0. The fraction of sp³-hybridized carbons (Fsp3) is 1.00. The number of methoxy groups -OCH3 is 2. The Bertz CT molecular complexity index is 620. The third-order valence-corrected chi connectivity index (χ3v) is 6.92. The lowest BCUT2D eigenvalue weighted by molar-refractivity contribution is -0.130. The predicted octanol–water partition coefficient (Wildman–Crippen LogP) is 4.82. The van der Waals surface area contributed by atoms with E-state index >= 15 is 0 Å². The van der Waals surface area contributed by atoms with Crippen LogP contribution in [0, 0.1) is 0 Å². The standard InChI is InChI=1S/2C16H32O5/c2*1-10(2)19-13(6)15-16(20-11(3)4)14(12(5)21-15)18-9-8-17-7/h2*10-16H,8-9H2,1-7H3/t12-,13+,14-,15+,16-;12-,13-,14-,15+,16-/m00/s1. The van der Waals surface area contributed by atoms with Gasteiger partial charge < -0.3 is 47.4 Å². The van der Waals surface area contributed by atoms with E-state index in [9.17, 15) is 0 Å². The van der Waals surface area contributed by atoms with Gasteiger partial charge in [-0.05, 0) is 83.1 Å². The maximum atomic E-state index is 6.07. The summed E-state index contributed by atoms with van der Waals surface area (Å²) in [6.45, 7) is 26.6. The molecule has 0 aromatic carbocycles. The molecule has 0 N–H and O–H groups in total. The summed E-state index contributed by atoms with van der Waals surface area (Å²) < 4.78 is 58.0. The molecule has 0 aliphatic carbocycles. The molecule has 2 heterocycles. The van der Waals surface area contributed by atoms with E-state index in [0.29, 0.717) is 26.4 Å². The predicted molar refractivity (Wildman–Crippen MR) is 163 cm³/mol. The summed E-state index contributed by atoms with van der Waals surface area (Å²) in [4.78, 5) is 0. The van der Waals surface area contributed by atoms with Crippen molar-refractivity contribution >= 4 is 0 Å². The molecule has 42 heavy (non-hydrogen) atoms. The van der Waals surface area contributed by atoms with Gasteiger partial charge >= 0.3 is 0 Å². The van der Waals surface area contributed by atoms with E-state index in [1.165, 1.54) is 0 Å². The summed E-state index contributed by atoms with van der Waals surface area (Å²) >= 11 is 0. The molecule has 0 aromatic heterocycles. The van der Waals surface area contributed by atoms with E-state index < -0.39 is 0 Å². The van der Waals surface area contributed by atoms with Gasteiger partial charge in [-0.15, -0.1) is 0 Å². The highest BCUT2D eigenvalue weighted by molar-refractivity contribution is 4.95. The maximum Gasteiger partial charge on any atom is 0.115 e. The zero-order valence-corrected chi connectivity index (χ0v) is 29.0. The first-order chi connectivity index (χ1) is 19.7. The highest BCUT2D eigenvalue weighted by atomic mass is 16.6. The minimum atomic E-state index is -0.120. The Morgan fingerprint density at radius 1 is 0.476 bits per heavy atom. The van der Waals surface area contributed by atoms with E-state index in [4.69, 9.17) is 47.4 Å². The van der Waals surface area contributed by atoms with Crippen molar-refractivity contribution in [1.82, 2.24) is 0 Å². The molecule has 2 fully saturated rings. The lowest BCUT2D eigenvalue weighted by Gasteiger charge is -2.29. The van der Waals surface area contributed by atoms with Crippen molar-refractivity contribution in [3.63, 3.8) is 0 Å². The summed E-state index contributed by atoms with van der Waals surface area (Å²) in [6, 6.07) is 0. The monoisotopic (exact) mass is 608 g/mol. The molecule has 2 saturated heterocycles. The smallest absolute Gasteiger partial charge is 0.115 e. The molecule has 0 spiro atoms. The Kier molecular flexibility index (Phi) is 19.4. The van der Waals surface area contributed by atoms with Crippen LogP contribution in [0.1, 0.15) is 83.1 Å². The quantitative estimate of drug-likeness (QED) is 0.202. The number of hydrogen-bond acceptors (Lipinski definition) is 10. The topological polar surface area (TPSA) is 92.3 Å². The first-order valence-corrected chi connectivity index (χ1v) is 15.9. The van der Waals surface area contributed by atoms with Crippen LogP contribution in [0.4, 0.5) is 0 Å². The number of ether oxygens (including phenoxy) is 10. The second-order valence-electron chi connectivity index (χ2n) is 12.3. The fourth-order valence-corrected chi connectivity index (χ4v) is 5.42. The van der Waals surface area contributed by atoms with Crippen LogP contribution in [0.15, 0.2) is 0 Å². The average molecular weight is 609 g/mol. The lowest BCUT2D eigenvalue weighted by atomic mass is 10.0. The molecule has 10 heteroatoms. The first-order valence-electron chi connectivity index (χ1n) is 15.9. The zero-order valence-electron chi connectivity index (χ0n) is 29.0. The van der Waals surface area contributed by atoms with Crippen LogP contribution in [-0.4, -0.2) is 126 Å². The van der Waals surface area contributed by atoms with Gasteiger partial charge in [0.1, 0.15) is 36.6 Å². The molecule has 2 rings (SSSR count). The van der Waals surface area contributed by atoms with Crippen LogP contribution in [0.2, 0.25) is 0 Å². The Morgan fingerprint density at radius 2 is 0.810 bits per heavy atom. The summed E-state index contributed by atoms with van der Waals surface area (Å²) in [6.07, 6.45) is -0.207. The van der Waals surface area contributed by atoms with Crippen molar-refractivity contribution < 1.29 is 47.4 Å². The van der Waals surface area contributed by atoms with Gasteiger partial charge in [0.25, 0.3) is 0 Å². The number of rotatable bonds is 18. The van der Waals surface area contributed by atoms with Gasteiger partial charge in [0.05, 0.1) is 75.3 Å². The summed E-state index contributed by atoms with van der Waals surface area (Å²) in [5, 5.41) is 0. The Morgan fingerprint density at radius 3 is 1.07 bits per heavy atom. The number of hydrogen-bond donors (Lipinski definition) is 0. The Labute approximate surface area is 256 Å². The summed E-state index contributed by atoms with van der Waals surface area (Å²) in [5.41, 5.74) is 0. The molecule has 0 radical (unpaired) electrons. The molecule has 2 aliphatic rings. The largest absolute Gasteiger partial charge is 0.382 e. The van der Waals surface area contributed by atoms with Crippen molar-refractivity contribution in [3.05, 3.63) is 0 Å². The van der Waals surface area contributed by atoms with Crippen LogP contribution in [0.5, 0.6) is 0 Å². The van der Waals surface area contributed by atoms with Gasteiger partial charge in [-0.3, -0.25) is 0 Å². The van der Waals surface area contributed by atoms with E-state index in [-0.39, 0.29) is 85.5 Å². The van der Waals surface area contributed by atoms with Gasteiger partial charge in [0.2, 0.25) is 0 Å².